The van der Waals surface area contributed by atoms with Crippen LogP contribution in [0.4, 0.5) is 0 Å². The lowest BCUT2D eigenvalue weighted by Gasteiger charge is -2.20. The molecule has 0 aromatic rings. The Morgan fingerprint density at radius 1 is 0.500 bits per heavy atom. The number of hydrogen-bond donors (Lipinski definition) is 2. The Bertz CT molecular complexity index is 1240. The lowest BCUT2D eigenvalue weighted by atomic mass is 10.0. The van der Waals surface area contributed by atoms with Crippen LogP contribution in [0.1, 0.15) is 181 Å². The quantitative estimate of drug-likeness (QED) is 0.0269. The summed E-state index contributed by atoms with van der Waals surface area (Å²) in [5.74, 6) is -0.346. The second-order valence-electron chi connectivity index (χ2n) is 15.2. The summed E-state index contributed by atoms with van der Waals surface area (Å²) in [6.07, 6.45) is 62.9. The van der Waals surface area contributed by atoms with E-state index >= 15 is 0 Å². The topological polar surface area (TPSA) is 117 Å². The van der Waals surface area contributed by atoms with E-state index in [1.165, 1.54) is 64.2 Å². The first-order valence-corrected chi connectivity index (χ1v) is 25.2. The van der Waals surface area contributed by atoms with Gasteiger partial charge < -0.3 is 20.1 Å². The first kappa shape index (κ1) is 57.4. The molecule has 8 nitrogen and oxygen atoms in total. The smallest absolute Gasteiger partial charge is 0.457 e. The molecule has 0 radical (unpaired) electrons. The van der Waals surface area contributed by atoms with Gasteiger partial charge in [-0.2, -0.15) is 0 Å². The molecule has 0 aliphatic rings. The molecule has 3 N–H and O–H groups in total. The SMILES string of the molecule is CC/C=C\C/C=C\C/C=C\C/C=C\CCCCCCCCCCCCC(=O)OC(COCCCCCCC/C=C\C/C=C\C/C=C\C/C=C\CC)COP(=O)(O)OCCN. The summed E-state index contributed by atoms with van der Waals surface area (Å²) in [4.78, 5) is 22.6. The van der Waals surface area contributed by atoms with Gasteiger partial charge in [-0.1, -0.05) is 182 Å². The Balaban J connectivity index is 4.04. The summed E-state index contributed by atoms with van der Waals surface area (Å²) in [7, 11) is -4.29. The number of carbonyl (C=O) groups excluding carboxylic acids is 1. The molecule has 60 heavy (non-hydrogen) atoms. The summed E-state index contributed by atoms with van der Waals surface area (Å²) in [5.41, 5.74) is 5.38. The molecule has 9 heteroatoms. The average Bonchev–Trinajstić information content (AvgIpc) is 3.24. The Morgan fingerprint density at radius 2 is 0.883 bits per heavy atom. The highest BCUT2D eigenvalue weighted by Gasteiger charge is 2.25. The van der Waals surface area contributed by atoms with Crippen molar-refractivity contribution in [1.82, 2.24) is 0 Å². The van der Waals surface area contributed by atoms with Crippen molar-refractivity contribution in [3.8, 4) is 0 Å². The summed E-state index contributed by atoms with van der Waals surface area (Å²) in [6.45, 7) is 4.63. The predicted octanol–water partition coefficient (Wildman–Crippen LogP) is 14.6. The van der Waals surface area contributed by atoms with E-state index in [-0.39, 0.29) is 32.3 Å². The zero-order valence-corrected chi connectivity index (χ0v) is 39.1. The number of unbranched alkanes of at least 4 members (excludes halogenated alkanes) is 15. The first-order valence-electron chi connectivity index (χ1n) is 23.7. The van der Waals surface area contributed by atoms with Gasteiger partial charge in [0.2, 0.25) is 0 Å². The van der Waals surface area contributed by atoms with Crippen molar-refractivity contribution < 1.29 is 32.8 Å². The van der Waals surface area contributed by atoms with Crippen molar-refractivity contribution in [2.24, 2.45) is 5.73 Å². The molecule has 0 aliphatic carbocycles. The van der Waals surface area contributed by atoms with Gasteiger partial charge in [0, 0.05) is 19.6 Å². The highest BCUT2D eigenvalue weighted by atomic mass is 31.2. The van der Waals surface area contributed by atoms with E-state index in [0.717, 1.165) is 96.3 Å². The van der Waals surface area contributed by atoms with Crippen molar-refractivity contribution >= 4 is 13.8 Å². The Morgan fingerprint density at radius 3 is 1.32 bits per heavy atom. The standard InChI is InChI=1S/C51H88NO7P/c1-3-5-7-9-11-13-15-17-19-21-23-24-25-26-27-28-30-32-34-36-38-40-42-44-51(53)59-50(49-58-60(54,55)57-47-45-52)48-56-46-43-41-39-37-35-33-31-29-22-20-18-16-14-12-10-8-6-4-2/h5-8,11-14,17-20,23-24,29,31,50H,3-4,9-10,15-16,21-22,25-28,30,32-49,52H2,1-2H3,(H,54,55)/b7-5-,8-6-,13-11-,14-12-,19-17-,20-18-,24-23-,31-29-. The number of phosphoric ester groups is 1. The van der Waals surface area contributed by atoms with Crippen LogP contribution in [-0.2, 0) is 27.9 Å². The lowest BCUT2D eigenvalue weighted by Crippen LogP contribution is -2.28. The first-order chi connectivity index (χ1) is 29.4. The second kappa shape index (κ2) is 47.5. The maximum Gasteiger partial charge on any atom is 0.472 e. The van der Waals surface area contributed by atoms with Gasteiger partial charge in [0.05, 0.1) is 19.8 Å². The zero-order chi connectivity index (χ0) is 43.7. The molecule has 0 heterocycles. The van der Waals surface area contributed by atoms with Crippen LogP contribution in [0.2, 0.25) is 0 Å². The molecule has 0 amide bonds. The molecular formula is C51H88NO7P. The Labute approximate surface area is 368 Å². The fourth-order valence-electron chi connectivity index (χ4n) is 6.10. The maximum absolute atomic E-state index is 12.6. The zero-order valence-electron chi connectivity index (χ0n) is 38.2. The van der Waals surface area contributed by atoms with Gasteiger partial charge in [-0.05, 0) is 89.9 Å². The van der Waals surface area contributed by atoms with Gasteiger partial charge in [0.15, 0.2) is 0 Å². The van der Waals surface area contributed by atoms with E-state index in [4.69, 9.17) is 24.3 Å². The van der Waals surface area contributed by atoms with E-state index in [9.17, 15) is 14.3 Å². The molecular weight excluding hydrogens is 770 g/mol. The lowest BCUT2D eigenvalue weighted by molar-refractivity contribution is -0.154. The van der Waals surface area contributed by atoms with Crippen molar-refractivity contribution in [3.05, 3.63) is 97.2 Å². The number of nitrogens with two attached hydrogens (primary N) is 1. The Hall–Kier alpha value is -2.58. The van der Waals surface area contributed by atoms with Crippen LogP contribution in [0.3, 0.4) is 0 Å². The summed E-state index contributed by atoms with van der Waals surface area (Å²) >= 11 is 0. The maximum atomic E-state index is 12.6. The summed E-state index contributed by atoms with van der Waals surface area (Å²) in [6, 6.07) is 0. The molecule has 0 fully saturated rings. The van der Waals surface area contributed by atoms with Gasteiger partial charge in [-0.15, -0.1) is 0 Å². The fraction of sp³-hybridized carbons (Fsp3) is 0.667. The summed E-state index contributed by atoms with van der Waals surface area (Å²) in [5, 5.41) is 0. The van der Waals surface area contributed by atoms with Crippen LogP contribution in [0.25, 0.3) is 0 Å². The van der Waals surface area contributed by atoms with Crippen molar-refractivity contribution in [2.75, 3.05) is 33.0 Å². The van der Waals surface area contributed by atoms with Crippen LogP contribution in [0.5, 0.6) is 0 Å². The minimum Gasteiger partial charge on any atom is -0.457 e. The van der Waals surface area contributed by atoms with Crippen LogP contribution in [0.15, 0.2) is 97.2 Å². The van der Waals surface area contributed by atoms with Gasteiger partial charge in [0.1, 0.15) is 6.10 Å². The number of ether oxygens (including phenoxy) is 2. The number of esters is 1. The number of allylic oxidation sites excluding steroid dienone is 16. The van der Waals surface area contributed by atoms with Crippen LogP contribution in [-0.4, -0.2) is 49.9 Å². The third-order valence-corrected chi connectivity index (χ3v) is 10.5. The van der Waals surface area contributed by atoms with Crippen molar-refractivity contribution in [1.29, 1.82) is 0 Å². The van der Waals surface area contributed by atoms with E-state index in [2.05, 4.69) is 111 Å². The van der Waals surface area contributed by atoms with Crippen LogP contribution < -0.4 is 5.73 Å². The molecule has 2 atom stereocenters. The molecule has 0 saturated heterocycles. The molecule has 0 aromatic carbocycles. The minimum absolute atomic E-state index is 0.0909. The largest absolute Gasteiger partial charge is 0.472 e. The van der Waals surface area contributed by atoms with Gasteiger partial charge in [-0.3, -0.25) is 13.8 Å². The minimum atomic E-state index is -4.29. The normalized spacial score (nSPS) is 14.3. The third kappa shape index (κ3) is 46.5. The van der Waals surface area contributed by atoms with Gasteiger partial charge in [-0.25, -0.2) is 4.57 Å². The third-order valence-electron chi connectivity index (χ3n) is 9.50. The monoisotopic (exact) mass is 858 g/mol. The number of hydrogen-bond acceptors (Lipinski definition) is 7. The molecule has 344 valence electrons. The molecule has 0 rings (SSSR count). The molecule has 0 aliphatic heterocycles. The molecule has 2 unspecified atom stereocenters. The highest BCUT2D eigenvalue weighted by Crippen LogP contribution is 2.43. The van der Waals surface area contributed by atoms with Gasteiger partial charge >= 0.3 is 13.8 Å². The molecule has 0 bridgehead atoms. The van der Waals surface area contributed by atoms with E-state index in [1.807, 2.05) is 0 Å². The highest BCUT2D eigenvalue weighted by molar-refractivity contribution is 7.47. The van der Waals surface area contributed by atoms with E-state index < -0.39 is 13.9 Å². The summed E-state index contributed by atoms with van der Waals surface area (Å²) < 4.78 is 33.5. The average molecular weight is 858 g/mol. The number of phosphoric acid groups is 1. The molecule has 0 saturated carbocycles. The molecule has 0 spiro atoms. The molecule has 0 aromatic heterocycles. The van der Waals surface area contributed by atoms with Crippen molar-refractivity contribution in [2.45, 2.75) is 187 Å². The number of carbonyl (C=O) groups is 1. The van der Waals surface area contributed by atoms with Crippen LogP contribution in [0, 0.1) is 0 Å². The number of rotatable bonds is 44. The Kier molecular flexibility index (Phi) is 45.4. The predicted molar refractivity (Wildman–Crippen MR) is 256 cm³/mol. The van der Waals surface area contributed by atoms with Gasteiger partial charge in [0.25, 0.3) is 0 Å². The van der Waals surface area contributed by atoms with E-state index in [1.54, 1.807) is 0 Å². The van der Waals surface area contributed by atoms with E-state index in [0.29, 0.717) is 13.0 Å². The van der Waals surface area contributed by atoms with Crippen LogP contribution >= 0.6 is 7.82 Å². The van der Waals surface area contributed by atoms with Crippen molar-refractivity contribution in [3.63, 3.8) is 0 Å². The second-order valence-corrected chi connectivity index (χ2v) is 16.7. The fourth-order valence-corrected chi connectivity index (χ4v) is 6.86.